The van der Waals surface area contributed by atoms with E-state index in [9.17, 15) is 0 Å². The van der Waals surface area contributed by atoms with Crippen LogP contribution in [0.4, 0.5) is 0 Å². The fourth-order valence-corrected chi connectivity index (χ4v) is 3.51. The van der Waals surface area contributed by atoms with Gasteiger partial charge in [0.2, 0.25) is 0 Å². The van der Waals surface area contributed by atoms with Crippen molar-refractivity contribution in [3.05, 3.63) is 18.2 Å². The van der Waals surface area contributed by atoms with Crippen molar-refractivity contribution in [1.29, 1.82) is 0 Å². The summed E-state index contributed by atoms with van der Waals surface area (Å²) in [6.07, 6.45) is 6.52. The van der Waals surface area contributed by atoms with Crippen LogP contribution in [0.2, 0.25) is 0 Å². The van der Waals surface area contributed by atoms with Gasteiger partial charge in [-0.25, -0.2) is 4.98 Å². The van der Waals surface area contributed by atoms with Crippen LogP contribution in [0.1, 0.15) is 51.4 Å². The quantitative estimate of drug-likeness (QED) is 0.834. The van der Waals surface area contributed by atoms with Gasteiger partial charge in [0.05, 0.1) is 18.1 Å². The molecule has 2 rings (SSSR count). The fraction of sp³-hybridized carbons (Fsp3) is 0.812. The highest BCUT2D eigenvalue weighted by Crippen LogP contribution is 2.24. The molecule has 1 aliphatic heterocycles. The van der Waals surface area contributed by atoms with Crippen molar-refractivity contribution >= 4 is 0 Å². The van der Waals surface area contributed by atoms with Gasteiger partial charge < -0.3 is 10.3 Å². The molecule has 2 atom stereocenters. The second-order valence-corrected chi connectivity index (χ2v) is 6.44. The maximum absolute atomic E-state index is 6.08. The molecule has 1 aromatic heterocycles. The molecule has 1 saturated heterocycles. The van der Waals surface area contributed by atoms with Gasteiger partial charge in [0.25, 0.3) is 0 Å². The molecule has 1 aliphatic rings. The molecule has 2 unspecified atom stereocenters. The zero-order valence-electron chi connectivity index (χ0n) is 14.0. The van der Waals surface area contributed by atoms with Crippen molar-refractivity contribution in [1.82, 2.24) is 19.4 Å². The summed E-state index contributed by atoms with van der Waals surface area (Å²) >= 11 is 0. The van der Waals surface area contributed by atoms with Gasteiger partial charge in [-0.2, -0.15) is 0 Å². The van der Waals surface area contributed by atoms with Crippen LogP contribution in [-0.2, 0) is 0 Å². The summed E-state index contributed by atoms with van der Waals surface area (Å²) in [5.41, 5.74) is 7.31. The predicted molar refractivity (Wildman–Crippen MR) is 87.3 cm³/mol. The molecule has 120 valence electrons. The Morgan fingerprint density at radius 1 is 1.48 bits per heavy atom. The molecule has 0 saturated carbocycles. The lowest BCUT2D eigenvalue weighted by molar-refractivity contribution is 0.161. The lowest BCUT2D eigenvalue weighted by atomic mass is 10.1. The van der Waals surface area contributed by atoms with Gasteiger partial charge in [0.15, 0.2) is 0 Å². The number of likely N-dealkylation sites (N-methyl/N-ethyl adjacent to an activating group) is 2. The van der Waals surface area contributed by atoms with E-state index < -0.39 is 0 Å². The van der Waals surface area contributed by atoms with Gasteiger partial charge in [0, 0.05) is 31.4 Å². The Morgan fingerprint density at radius 2 is 2.24 bits per heavy atom. The topological polar surface area (TPSA) is 50.3 Å². The molecule has 5 heteroatoms. The van der Waals surface area contributed by atoms with Crippen LogP contribution in [0.3, 0.4) is 0 Å². The van der Waals surface area contributed by atoms with E-state index in [4.69, 9.17) is 5.73 Å². The molecule has 0 spiro atoms. The van der Waals surface area contributed by atoms with Gasteiger partial charge >= 0.3 is 0 Å². The SMILES string of the molecule is CCN1CCCC1CN(C)C(CN)c1cncn1C(C)C. The standard InChI is InChI=1S/C16H31N5/c1-5-20-8-6-7-14(20)11-19(4)15(9-17)16-10-18-12-21(16)13(2)3/h10,12-15H,5-9,11,17H2,1-4H3. The van der Waals surface area contributed by atoms with Crippen molar-refractivity contribution in [3.63, 3.8) is 0 Å². The number of nitrogens with zero attached hydrogens (tertiary/aromatic N) is 4. The fourth-order valence-electron chi connectivity index (χ4n) is 3.51. The third-order valence-electron chi connectivity index (χ3n) is 4.75. The lowest BCUT2D eigenvalue weighted by Gasteiger charge is -2.33. The Morgan fingerprint density at radius 3 is 2.86 bits per heavy atom. The van der Waals surface area contributed by atoms with E-state index in [1.807, 2.05) is 12.5 Å². The number of rotatable bonds is 7. The van der Waals surface area contributed by atoms with Crippen LogP contribution in [0, 0.1) is 0 Å². The molecular weight excluding hydrogens is 262 g/mol. The van der Waals surface area contributed by atoms with Crippen LogP contribution in [0.5, 0.6) is 0 Å². The van der Waals surface area contributed by atoms with E-state index in [2.05, 4.69) is 47.2 Å². The van der Waals surface area contributed by atoms with Crippen molar-refractivity contribution in [3.8, 4) is 0 Å². The number of nitrogens with two attached hydrogens (primary N) is 1. The Kier molecular flexibility index (Phi) is 5.79. The first-order valence-corrected chi connectivity index (χ1v) is 8.24. The third kappa shape index (κ3) is 3.65. The van der Waals surface area contributed by atoms with Crippen molar-refractivity contribution in [2.24, 2.45) is 5.73 Å². The number of likely N-dealkylation sites (tertiary alicyclic amines) is 1. The Balaban J connectivity index is 2.08. The second-order valence-electron chi connectivity index (χ2n) is 6.44. The maximum Gasteiger partial charge on any atom is 0.0951 e. The largest absolute Gasteiger partial charge is 0.331 e. The molecule has 1 aromatic rings. The van der Waals surface area contributed by atoms with E-state index >= 15 is 0 Å². The molecule has 0 radical (unpaired) electrons. The molecule has 1 fully saturated rings. The molecular formula is C16H31N5. The summed E-state index contributed by atoms with van der Waals surface area (Å²) in [7, 11) is 2.20. The monoisotopic (exact) mass is 293 g/mol. The molecule has 0 amide bonds. The summed E-state index contributed by atoms with van der Waals surface area (Å²) in [5, 5.41) is 0. The van der Waals surface area contributed by atoms with Crippen LogP contribution in [-0.4, -0.2) is 58.6 Å². The van der Waals surface area contributed by atoms with Crippen LogP contribution in [0.15, 0.2) is 12.5 Å². The van der Waals surface area contributed by atoms with Crippen molar-refractivity contribution < 1.29 is 0 Å². The van der Waals surface area contributed by atoms with Gasteiger partial charge in [-0.05, 0) is 46.8 Å². The third-order valence-corrected chi connectivity index (χ3v) is 4.75. The summed E-state index contributed by atoms with van der Waals surface area (Å²) in [5.74, 6) is 0. The Labute approximate surface area is 129 Å². The second kappa shape index (κ2) is 7.38. The van der Waals surface area contributed by atoms with Gasteiger partial charge in [-0.15, -0.1) is 0 Å². The summed E-state index contributed by atoms with van der Waals surface area (Å²) < 4.78 is 2.24. The number of imidazole rings is 1. The van der Waals surface area contributed by atoms with E-state index in [0.717, 1.165) is 13.1 Å². The molecule has 0 aliphatic carbocycles. The summed E-state index contributed by atoms with van der Waals surface area (Å²) in [6.45, 7) is 10.7. The molecule has 21 heavy (non-hydrogen) atoms. The molecule has 0 bridgehead atoms. The van der Waals surface area contributed by atoms with Crippen LogP contribution >= 0.6 is 0 Å². The first kappa shape index (κ1) is 16.5. The first-order valence-electron chi connectivity index (χ1n) is 8.24. The number of hydrogen-bond acceptors (Lipinski definition) is 4. The van der Waals surface area contributed by atoms with Gasteiger partial charge in [0.1, 0.15) is 0 Å². The number of hydrogen-bond donors (Lipinski definition) is 1. The van der Waals surface area contributed by atoms with Crippen molar-refractivity contribution in [2.75, 3.05) is 33.2 Å². The summed E-state index contributed by atoms with van der Waals surface area (Å²) in [6, 6.07) is 1.34. The smallest absolute Gasteiger partial charge is 0.0951 e. The zero-order valence-corrected chi connectivity index (χ0v) is 14.0. The predicted octanol–water partition coefficient (Wildman–Crippen LogP) is 1.88. The lowest BCUT2D eigenvalue weighted by Crippen LogP contribution is -2.42. The molecule has 2 N–H and O–H groups in total. The average Bonchev–Trinajstić information content (AvgIpc) is 3.08. The van der Waals surface area contributed by atoms with Crippen LogP contribution < -0.4 is 5.73 Å². The maximum atomic E-state index is 6.08. The minimum Gasteiger partial charge on any atom is -0.331 e. The molecule has 0 aromatic carbocycles. The van der Waals surface area contributed by atoms with E-state index in [1.54, 1.807) is 0 Å². The Bertz CT molecular complexity index is 428. The highest BCUT2D eigenvalue weighted by atomic mass is 15.2. The normalized spacial score (nSPS) is 21.6. The zero-order chi connectivity index (χ0) is 15.4. The molecule has 2 heterocycles. The minimum atomic E-state index is 0.245. The first-order chi connectivity index (χ1) is 10.1. The van der Waals surface area contributed by atoms with Crippen LogP contribution in [0.25, 0.3) is 0 Å². The molecule has 5 nitrogen and oxygen atoms in total. The highest BCUT2D eigenvalue weighted by molar-refractivity contribution is 5.07. The Hall–Kier alpha value is -0.910. The van der Waals surface area contributed by atoms with E-state index in [0.29, 0.717) is 18.6 Å². The van der Waals surface area contributed by atoms with E-state index in [-0.39, 0.29) is 6.04 Å². The average molecular weight is 293 g/mol. The van der Waals surface area contributed by atoms with Crippen molar-refractivity contribution in [2.45, 2.75) is 51.7 Å². The van der Waals surface area contributed by atoms with Gasteiger partial charge in [-0.3, -0.25) is 9.80 Å². The van der Waals surface area contributed by atoms with E-state index in [1.165, 1.54) is 25.1 Å². The minimum absolute atomic E-state index is 0.245. The highest BCUT2D eigenvalue weighted by Gasteiger charge is 2.28. The van der Waals surface area contributed by atoms with Gasteiger partial charge in [-0.1, -0.05) is 6.92 Å². The number of aromatic nitrogens is 2. The summed E-state index contributed by atoms with van der Waals surface area (Å²) in [4.78, 5) is 9.33.